The molecule has 3 heterocycles. The summed E-state index contributed by atoms with van der Waals surface area (Å²) in [5.74, 6) is 0.489. The van der Waals surface area contributed by atoms with Crippen molar-refractivity contribution in [1.29, 1.82) is 0 Å². The molecule has 152 valence electrons. The van der Waals surface area contributed by atoms with Gasteiger partial charge in [0.1, 0.15) is 23.1 Å². The second-order valence-electron chi connectivity index (χ2n) is 7.19. The van der Waals surface area contributed by atoms with Gasteiger partial charge in [-0.15, -0.1) is 0 Å². The van der Waals surface area contributed by atoms with Crippen molar-refractivity contribution in [1.82, 2.24) is 19.9 Å². The minimum absolute atomic E-state index is 0.0149. The molecule has 2 aromatic heterocycles. The Morgan fingerprint density at radius 3 is 2.79 bits per heavy atom. The van der Waals surface area contributed by atoms with E-state index in [0.29, 0.717) is 29.8 Å². The number of aromatic nitrogens is 3. The van der Waals surface area contributed by atoms with Crippen molar-refractivity contribution in [3.8, 4) is 17.0 Å². The fourth-order valence-corrected chi connectivity index (χ4v) is 3.50. The van der Waals surface area contributed by atoms with Gasteiger partial charge >= 0.3 is 6.18 Å². The highest BCUT2D eigenvalue weighted by molar-refractivity contribution is 5.87. The van der Waals surface area contributed by atoms with Crippen molar-refractivity contribution in [2.75, 3.05) is 6.54 Å². The van der Waals surface area contributed by atoms with E-state index in [9.17, 15) is 18.0 Å². The molecule has 3 aromatic rings. The van der Waals surface area contributed by atoms with E-state index in [4.69, 9.17) is 4.74 Å². The Morgan fingerprint density at radius 1 is 1.31 bits per heavy atom. The Labute approximate surface area is 164 Å². The van der Waals surface area contributed by atoms with Crippen LogP contribution in [0, 0.1) is 5.92 Å². The standard InChI is InChI=1S/C20H19F3N4O2/c1-11(13-8-18(28)24-9-13)29-16-7-12(6-15-19(16)27(2)10-25-15)14-4-3-5-17(26-14)20(21,22)23/h3-7,10-11,13H,8-9H2,1-2H3,(H,24,28)/t11-,13?/m1/s1. The van der Waals surface area contributed by atoms with E-state index in [-0.39, 0.29) is 23.6 Å². The number of carbonyl (C=O) groups excluding carboxylic acids is 1. The van der Waals surface area contributed by atoms with E-state index in [1.807, 2.05) is 14.0 Å². The summed E-state index contributed by atoms with van der Waals surface area (Å²) in [7, 11) is 1.82. The number of nitrogens with one attached hydrogen (secondary N) is 1. The first-order valence-corrected chi connectivity index (χ1v) is 9.15. The molecule has 1 aliphatic rings. The lowest BCUT2D eigenvalue weighted by Crippen LogP contribution is -2.25. The van der Waals surface area contributed by atoms with Gasteiger partial charge in [-0.25, -0.2) is 9.97 Å². The molecule has 0 radical (unpaired) electrons. The van der Waals surface area contributed by atoms with Crippen LogP contribution in [0.25, 0.3) is 22.3 Å². The van der Waals surface area contributed by atoms with E-state index in [1.165, 1.54) is 12.1 Å². The predicted molar refractivity (Wildman–Crippen MR) is 100 cm³/mol. The second-order valence-corrected chi connectivity index (χ2v) is 7.19. The fourth-order valence-electron chi connectivity index (χ4n) is 3.50. The zero-order valence-corrected chi connectivity index (χ0v) is 15.8. The Balaban J connectivity index is 1.75. The van der Waals surface area contributed by atoms with Crippen LogP contribution in [0.4, 0.5) is 13.2 Å². The summed E-state index contributed by atoms with van der Waals surface area (Å²) in [5, 5.41) is 2.78. The Hall–Kier alpha value is -3.10. The third-order valence-electron chi connectivity index (χ3n) is 5.10. The van der Waals surface area contributed by atoms with E-state index in [0.717, 1.165) is 11.6 Å². The van der Waals surface area contributed by atoms with Gasteiger partial charge in [-0.3, -0.25) is 4.79 Å². The molecule has 1 saturated heterocycles. The van der Waals surface area contributed by atoms with Crippen molar-refractivity contribution in [3.63, 3.8) is 0 Å². The predicted octanol–water partition coefficient (Wildman–Crippen LogP) is 3.56. The molecular weight excluding hydrogens is 385 g/mol. The molecule has 1 amide bonds. The summed E-state index contributed by atoms with van der Waals surface area (Å²) < 4.78 is 47.1. The van der Waals surface area contributed by atoms with E-state index >= 15 is 0 Å². The maximum absolute atomic E-state index is 13.1. The van der Waals surface area contributed by atoms with Gasteiger partial charge in [0, 0.05) is 31.5 Å². The summed E-state index contributed by atoms with van der Waals surface area (Å²) in [4.78, 5) is 19.6. The smallest absolute Gasteiger partial charge is 0.433 e. The molecule has 2 atom stereocenters. The molecule has 1 unspecified atom stereocenters. The van der Waals surface area contributed by atoms with Crippen LogP contribution >= 0.6 is 0 Å². The molecule has 0 aliphatic carbocycles. The third-order valence-corrected chi connectivity index (χ3v) is 5.10. The van der Waals surface area contributed by atoms with Crippen molar-refractivity contribution in [2.45, 2.75) is 25.6 Å². The first kappa shape index (κ1) is 19.2. The lowest BCUT2D eigenvalue weighted by molar-refractivity contribution is -0.141. The highest BCUT2D eigenvalue weighted by atomic mass is 19.4. The largest absolute Gasteiger partial charge is 0.488 e. The van der Waals surface area contributed by atoms with Crippen molar-refractivity contribution in [2.24, 2.45) is 13.0 Å². The summed E-state index contributed by atoms with van der Waals surface area (Å²) in [6, 6.07) is 7.15. The van der Waals surface area contributed by atoms with Gasteiger partial charge in [0.2, 0.25) is 5.91 Å². The van der Waals surface area contributed by atoms with Crippen LogP contribution in [0.1, 0.15) is 19.0 Å². The minimum atomic E-state index is -4.53. The Bertz CT molecular complexity index is 1080. The van der Waals surface area contributed by atoms with Crippen LogP contribution < -0.4 is 10.1 Å². The zero-order valence-electron chi connectivity index (χ0n) is 15.8. The molecule has 0 bridgehead atoms. The summed E-state index contributed by atoms with van der Waals surface area (Å²) in [6.07, 6.45) is -2.80. The van der Waals surface area contributed by atoms with Crippen molar-refractivity contribution < 1.29 is 22.7 Å². The molecule has 29 heavy (non-hydrogen) atoms. The minimum Gasteiger partial charge on any atom is -0.488 e. The lowest BCUT2D eigenvalue weighted by Gasteiger charge is -2.21. The topological polar surface area (TPSA) is 69.0 Å². The fraction of sp³-hybridized carbons (Fsp3) is 0.350. The molecule has 1 N–H and O–H groups in total. The van der Waals surface area contributed by atoms with Crippen molar-refractivity contribution in [3.05, 3.63) is 42.4 Å². The number of benzene rings is 1. The molecule has 1 aliphatic heterocycles. The monoisotopic (exact) mass is 404 g/mol. The maximum Gasteiger partial charge on any atom is 0.433 e. The third kappa shape index (κ3) is 3.76. The molecule has 1 aromatic carbocycles. The Morgan fingerprint density at radius 2 is 2.10 bits per heavy atom. The van der Waals surface area contributed by atoms with Gasteiger partial charge in [0.15, 0.2) is 0 Å². The van der Waals surface area contributed by atoms with Crippen LogP contribution in [-0.2, 0) is 18.0 Å². The number of alkyl halides is 3. The number of hydrogen-bond acceptors (Lipinski definition) is 4. The number of halogens is 3. The van der Waals surface area contributed by atoms with E-state index in [1.54, 1.807) is 23.0 Å². The van der Waals surface area contributed by atoms with Gasteiger partial charge < -0.3 is 14.6 Å². The average Bonchev–Trinajstić information content (AvgIpc) is 3.27. The second kappa shape index (κ2) is 7.06. The highest BCUT2D eigenvalue weighted by Crippen LogP contribution is 2.35. The number of hydrogen-bond donors (Lipinski definition) is 1. The van der Waals surface area contributed by atoms with E-state index < -0.39 is 11.9 Å². The number of amides is 1. The number of aryl methyl sites for hydroxylation is 1. The van der Waals surface area contributed by atoms with Crippen LogP contribution in [0.3, 0.4) is 0 Å². The van der Waals surface area contributed by atoms with Gasteiger partial charge in [-0.1, -0.05) is 6.07 Å². The molecule has 0 saturated carbocycles. The number of pyridine rings is 1. The molecule has 6 nitrogen and oxygen atoms in total. The summed E-state index contributed by atoms with van der Waals surface area (Å²) >= 11 is 0. The van der Waals surface area contributed by atoms with Crippen molar-refractivity contribution >= 4 is 16.9 Å². The van der Waals surface area contributed by atoms with Crippen LogP contribution in [0.2, 0.25) is 0 Å². The number of nitrogens with zero attached hydrogens (tertiary/aromatic N) is 3. The summed E-state index contributed by atoms with van der Waals surface area (Å²) in [5.41, 5.74) is 1.02. The SMILES string of the molecule is C[C@@H](Oc1cc(-c2cccc(C(F)(F)F)n2)cc2ncn(C)c12)C1CNC(=O)C1. The lowest BCUT2D eigenvalue weighted by atomic mass is 10.0. The maximum atomic E-state index is 13.1. The van der Waals surface area contributed by atoms with Crippen LogP contribution in [-0.4, -0.2) is 33.1 Å². The zero-order chi connectivity index (χ0) is 20.8. The number of fused-ring (bicyclic) bond motifs is 1. The first-order chi connectivity index (χ1) is 13.7. The highest BCUT2D eigenvalue weighted by Gasteiger charge is 2.33. The Kier molecular flexibility index (Phi) is 4.68. The van der Waals surface area contributed by atoms with Gasteiger partial charge in [0.25, 0.3) is 0 Å². The molecule has 1 fully saturated rings. The molecule has 0 spiro atoms. The number of ether oxygens (including phenoxy) is 1. The number of carbonyl (C=O) groups is 1. The number of rotatable bonds is 4. The number of imidazole rings is 1. The van der Waals surface area contributed by atoms with Crippen LogP contribution in [0.15, 0.2) is 36.7 Å². The molecule has 9 heteroatoms. The first-order valence-electron chi connectivity index (χ1n) is 9.15. The molecular formula is C20H19F3N4O2. The normalized spacial score (nSPS) is 18.1. The van der Waals surface area contributed by atoms with Gasteiger partial charge in [-0.05, 0) is 31.2 Å². The van der Waals surface area contributed by atoms with Gasteiger partial charge in [-0.2, -0.15) is 13.2 Å². The molecule has 4 rings (SSSR count). The summed E-state index contributed by atoms with van der Waals surface area (Å²) in [6.45, 7) is 2.41. The van der Waals surface area contributed by atoms with E-state index in [2.05, 4.69) is 15.3 Å². The van der Waals surface area contributed by atoms with Crippen LogP contribution in [0.5, 0.6) is 5.75 Å². The average molecular weight is 404 g/mol. The quantitative estimate of drug-likeness (QED) is 0.722. The van der Waals surface area contributed by atoms with Gasteiger partial charge in [0.05, 0.1) is 17.5 Å².